The van der Waals surface area contributed by atoms with Gasteiger partial charge in [-0.15, -0.1) is 0 Å². The zero-order chi connectivity index (χ0) is 62.6. The molecule has 6 amide bonds. The number of anilines is 3. The maximum Gasteiger partial charge on any atom is 0.410 e. The molecule has 21 heteroatoms. The lowest BCUT2D eigenvalue weighted by Crippen LogP contribution is -2.65. The van der Waals surface area contributed by atoms with Crippen molar-refractivity contribution in [3.63, 3.8) is 0 Å². The van der Waals surface area contributed by atoms with E-state index in [1.165, 1.54) is 58.9 Å². The van der Waals surface area contributed by atoms with Gasteiger partial charge in [-0.3, -0.25) is 14.4 Å². The number of imidazole rings is 1. The standard InChI is InChI=1S/C27H34ClN3O3.C26H33ClN4O3.C14H15ClN2O3/c1-4-5-13-30-20(14-19-9-6-7-11-22(19)30)15-31-23-12-8-10-21(28)24(23)27(25(31)32)16-29(17-27)26(33)34-18(2)3;1-4-5-13-30-20-11-7-6-10-19(20)28-22(30)14-31-21-12-8-9-18(27)23(21)26(24(31)32)15-29(16-26)25(33)34-17(2)3;1-8(2)20-13(19)17-6-14(7-17)11-9(15)4-3-5-10(11)16-12(14)18/h8,10,12,14,18H,4-7,9,11,13,15-17H2,1-3H3;8-9,12,17H,4-7,10-11,13-16H2,1-3H3;3-5,8H,6-7H2,1-2H3,(H,16,18). The molecular weight excluding hydrogens is 1180 g/mol. The molecule has 0 bridgehead atoms. The zero-order valence-electron chi connectivity index (χ0n) is 51.9. The van der Waals surface area contributed by atoms with Gasteiger partial charge in [-0.2, -0.15) is 0 Å². The van der Waals surface area contributed by atoms with Gasteiger partial charge in [0, 0.05) is 107 Å². The molecule has 3 spiro atoms. The van der Waals surface area contributed by atoms with Crippen molar-refractivity contribution in [3.05, 3.63) is 127 Å². The molecule has 3 saturated heterocycles. The predicted octanol–water partition coefficient (Wildman–Crippen LogP) is 12.7. The Morgan fingerprint density at radius 1 is 0.557 bits per heavy atom. The molecule has 0 atom stereocenters. The van der Waals surface area contributed by atoms with E-state index in [-0.39, 0.29) is 67.4 Å². The number of carbonyl (C=O) groups excluding carboxylic acids is 6. The Labute approximate surface area is 531 Å². The zero-order valence-corrected chi connectivity index (χ0v) is 54.2. The van der Waals surface area contributed by atoms with Gasteiger partial charge >= 0.3 is 18.3 Å². The SMILES string of the molecule is CC(C)OC(=O)N1CC2(C1)C(=O)Nc1cccc(Cl)c12.CCCCn1c(CN2C(=O)C3(CN(C(=O)OC(C)C)C3)c3c(Cl)cccc32)cc2c1CCCC2.CCCCn1c(CN2C(=O)C3(CN(C(=O)OC(C)C)C3)c3c(Cl)cccc32)nc2c1CCCC2. The quantitative estimate of drug-likeness (QED) is 0.111. The van der Waals surface area contributed by atoms with Crippen molar-refractivity contribution in [2.75, 3.05) is 54.4 Å². The number of halogens is 3. The number of carbonyl (C=O) groups is 6. The van der Waals surface area contributed by atoms with Gasteiger partial charge in [0.05, 0.1) is 48.5 Å². The van der Waals surface area contributed by atoms with Crippen LogP contribution in [-0.2, 0) is 96.7 Å². The van der Waals surface area contributed by atoms with Crippen molar-refractivity contribution in [2.24, 2.45) is 0 Å². The molecule has 0 radical (unpaired) electrons. The van der Waals surface area contributed by atoms with E-state index in [9.17, 15) is 28.8 Å². The summed E-state index contributed by atoms with van der Waals surface area (Å²) >= 11 is 19.6. The molecular formula is C67H82Cl3N9O9. The second-order valence-electron chi connectivity index (χ2n) is 25.7. The van der Waals surface area contributed by atoms with Crippen LogP contribution in [0.25, 0.3) is 0 Å². The molecule has 13 rings (SSSR count). The van der Waals surface area contributed by atoms with Crippen LogP contribution >= 0.6 is 34.8 Å². The van der Waals surface area contributed by atoms with E-state index in [0.717, 1.165) is 104 Å². The summed E-state index contributed by atoms with van der Waals surface area (Å²) in [6.07, 6.45) is 11.9. The summed E-state index contributed by atoms with van der Waals surface area (Å²) in [4.78, 5) is 90.3. The minimum absolute atomic E-state index is 0.00721. The fourth-order valence-corrected chi connectivity index (χ4v) is 15.3. The number of nitrogens with zero attached hydrogens (tertiary/aromatic N) is 8. The Balaban J connectivity index is 0.000000141. The van der Waals surface area contributed by atoms with Gasteiger partial charge in [0.1, 0.15) is 22.1 Å². The fraction of sp³-hybridized carbons (Fsp3) is 0.537. The minimum Gasteiger partial charge on any atom is -0.447 e. The molecule has 1 N–H and O–H groups in total. The van der Waals surface area contributed by atoms with Crippen LogP contribution in [0.5, 0.6) is 0 Å². The highest BCUT2D eigenvalue weighted by Crippen LogP contribution is 2.53. The molecule has 3 aromatic carbocycles. The highest BCUT2D eigenvalue weighted by atomic mass is 35.5. The second kappa shape index (κ2) is 25.3. The largest absolute Gasteiger partial charge is 0.447 e. The molecule has 3 fully saturated rings. The first-order valence-electron chi connectivity index (χ1n) is 31.6. The van der Waals surface area contributed by atoms with Crippen LogP contribution in [-0.4, -0.2) is 122 Å². The molecule has 5 aromatic rings. The highest BCUT2D eigenvalue weighted by molar-refractivity contribution is 6.34. The number of benzene rings is 3. The summed E-state index contributed by atoms with van der Waals surface area (Å²) in [7, 11) is 0. The molecule has 2 aliphatic carbocycles. The van der Waals surface area contributed by atoms with Crippen LogP contribution in [0.1, 0.15) is 158 Å². The van der Waals surface area contributed by atoms with E-state index in [4.69, 9.17) is 54.0 Å². The molecule has 18 nitrogen and oxygen atoms in total. The normalized spacial score (nSPS) is 18.4. The average Bonchev–Trinajstić information content (AvgIpc) is 1.54. The third-order valence-corrected chi connectivity index (χ3v) is 19.4. The summed E-state index contributed by atoms with van der Waals surface area (Å²) in [5.41, 5.74) is 9.21. The first-order valence-corrected chi connectivity index (χ1v) is 32.7. The number of aryl methyl sites for hydroxylation is 2. The number of hydrogen-bond acceptors (Lipinski definition) is 10. The van der Waals surface area contributed by atoms with Crippen molar-refractivity contribution in [1.29, 1.82) is 0 Å². The van der Waals surface area contributed by atoms with Gasteiger partial charge in [-0.25, -0.2) is 19.4 Å². The Hall–Kier alpha value is -6.76. The number of rotatable bonds is 13. The van der Waals surface area contributed by atoms with E-state index >= 15 is 0 Å². The predicted molar refractivity (Wildman–Crippen MR) is 340 cm³/mol. The number of unbranched alkanes of at least 4 members (excludes halogenated alkanes) is 2. The lowest BCUT2D eigenvalue weighted by atomic mass is 9.75. The van der Waals surface area contributed by atoms with E-state index in [1.807, 2.05) is 80.0 Å². The highest BCUT2D eigenvalue weighted by Gasteiger charge is 2.63. The van der Waals surface area contributed by atoms with Crippen LogP contribution < -0.4 is 15.1 Å². The van der Waals surface area contributed by atoms with E-state index in [0.29, 0.717) is 54.3 Å². The molecule has 0 saturated carbocycles. The monoisotopic (exact) mass is 1260 g/mol. The maximum absolute atomic E-state index is 14.0. The average molecular weight is 1260 g/mol. The molecule has 8 aliphatic rings. The van der Waals surface area contributed by atoms with Crippen molar-refractivity contribution < 1.29 is 43.0 Å². The summed E-state index contributed by atoms with van der Waals surface area (Å²) in [5, 5.41) is 4.54. The van der Waals surface area contributed by atoms with Crippen molar-refractivity contribution in [3.8, 4) is 0 Å². The molecule has 0 unspecified atom stereocenters. The molecule has 6 aliphatic heterocycles. The van der Waals surface area contributed by atoms with Crippen molar-refractivity contribution in [1.82, 2.24) is 28.8 Å². The van der Waals surface area contributed by atoms with Crippen LogP contribution in [0.15, 0.2) is 60.7 Å². The van der Waals surface area contributed by atoms with Gasteiger partial charge in [0.2, 0.25) is 17.7 Å². The lowest BCUT2D eigenvalue weighted by molar-refractivity contribution is -0.129. The summed E-state index contributed by atoms with van der Waals surface area (Å²) < 4.78 is 20.7. The van der Waals surface area contributed by atoms with Crippen LogP contribution in [0.2, 0.25) is 15.1 Å². The number of likely N-dealkylation sites (tertiary alicyclic amines) is 3. The maximum atomic E-state index is 14.0. The van der Waals surface area contributed by atoms with E-state index in [2.05, 4.69) is 34.4 Å². The topological polar surface area (TPSA) is 181 Å². The number of ether oxygens (including phenoxy) is 3. The molecule has 88 heavy (non-hydrogen) atoms. The van der Waals surface area contributed by atoms with E-state index < -0.39 is 16.2 Å². The number of aromatic nitrogens is 3. The van der Waals surface area contributed by atoms with Gasteiger partial charge in [0.15, 0.2) is 0 Å². The molecule has 2 aromatic heterocycles. The van der Waals surface area contributed by atoms with Crippen LogP contribution in [0, 0.1) is 0 Å². The molecule has 8 heterocycles. The number of hydrogen-bond donors (Lipinski definition) is 1. The Morgan fingerprint density at radius 3 is 1.51 bits per heavy atom. The third kappa shape index (κ3) is 11.3. The van der Waals surface area contributed by atoms with Crippen LogP contribution in [0.4, 0.5) is 31.4 Å². The summed E-state index contributed by atoms with van der Waals surface area (Å²) in [6, 6.07) is 19.1. The van der Waals surface area contributed by atoms with Crippen molar-refractivity contribution in [2.45, 2.75) is 193 Å². The molecule has 470 valence electrons. The van der Waals surface area contributed by atoms with Gasteiger partial charge < -0.3 is 53.2 Å². The fourth-order valence-electron chi connectivity index (χ4n) is 14.3. The number of amides is 6. The Kier molecular flexibility index (Phi) is 18.0. The first kappa shape index (κ1) is 62.8. The van der Waals surface area contributed by atoms with Gasteiger partial charge in [-0.05, 0) is 154 Å². The Bertz CT molecular complexity index is 3360. The number of nitrogens with one attached hydrogen (secondary N) is 1. The van der Waals surface area contributed by atoms with E-state index in [1.54, 1.807) is 35.8 Å². The van der Waals surface area contributed by atoms with Crippen LogP contribution in [0.3, 0.4) is 0 Å². The van der Waals surface area contributed by atoms with Gasteiger partial charge in [-0.1, -0.05) is 79.7 Å². The van der Waals surface area contributed by atoms with Crippen molar-refractivity contribution >= 4 is 87.9 Å². The summed E-state index contributed by atoms with van der Waals surface area (Å²) in [5.74, 6) is 0.874. The summed E-state index contributed by atoms with van der Waals surface area (Å²) in [6.45, 7) is 20.0. The third-order valence-electron chi connectivity index (χ3n) is 18.5. The van der Waals surface area contributed by atoms with Gasteiger partial charge in [0.25, 0.3) is 0 Å². The smallest absolute Gasteiger partial charge is 0.410 e. The first-order chi connectivity index (χ1) is 42.1. The minimum atomic E-state index is -0.815. The Morgan fingerprint density at radius 2 is 1.00 bits per heavy atom. The second-order valence-corrected chi connectivity index (χ2v) is 27.0. The number of fused-ring (bicyclic) bond motifs is 8. The lowest BCUT2D eigenvalue weighted by Gasteiger charge is -2.46.